The Hall–Kier alpha value is -1.50. The lowest BCUT2D eigenvalue weighted by molar-refractivity contribution is -0.0446. The minimum absolute atomic E-state index is 0.0540. The van der Waals surface area contributed by atoms with E-state index in [-0.39, 0.29) is 5.60 Å². The summed E-state index contributed by atoms with van der Waals surface area (Å²) in [6.07, 6.45) is 6.82. The molecule has 0 radical (unpaired) electrons. The van der Waals surface area contributed by atoms with Crippen LogP contribution in [0.3, 0.4) is 0 Å². The van der Waals surface area contributed by atoms with Crippen LogP contribution >= 0.6 is 11.3 Å². The lowest BCUT2D eigenvalue weighted by Crippen LogP contribution is -2.44. The Balaban J connectivity index is 1.29. The predicted molar refractivity (Wildman–Crippen MR) is 91.6 cm³/mol. The summed E-state index contributed by atoms with van der Waals surface area (Å²) in [5.41, 5.74) is 0.0540. The first-order valence-electron chi connectivity index (χ1n) is 8.24. The van der Waals surface area contributed by atoms with Crippen LogP contribution in [0.4, 0.5) is 5.95 Å². The summed E-state index contributed by atoms with van der Waals surface area (Å²) in [6.45, 7) is 4.06. The molecule has 6 heteroatoms. The van der Waals surface area contributed by atoms with Crippen LogP contribution in [-0.2, 0) is 11.3 Å². The van der Waals surface area contributed by atoms with Crippen LogP contribution in [-0.4, -0.2) is 46.2 Å². The number of rotatable bonds is 4. The third kappa shape index (κ3) is 3.54. The van der Waals surface area contributed by atoms with Gasteiger partial charge in [-0.3, -0.25) is 4.90 Å². The fourth-order valence-electron chi connectivity index (χ4n) is 3.58. The molecular weight excluding hydrogens is 308 g/mol. The number of aromatic nitrogens is 2. The Kier molecular flexibility index (Phi) is 4.29. The molecule has 0 bridgehead atoms. The highest BCUT2D eigenvalue weighted by Crippen LogP contribution is 2.37. The monoisotopic (exact) mass is 330 g/mol. The second-order valence-electron chi connectivity index (χ2n) is 6.47. The highest BCUT2D eigenvalue weighted by Gasteiger charge is 2.42. The molecule has 0 aromatic carbocycles. The zero-order chi connectivity index (χ0) is 15.5. The van der Waals surface area contributed by atoms with Crippen molar-refractivity contribution in [3.63, 3.8) is 0 Å². The molecule has 4 rings (SSSR count). The van der Waals surface area contributed by atoms with E-state index in [0.29, 0.717) is 12.0 Å². The standard InChI is InChI=1S/C17H22N4OS/c1-3-15(23-10-1)12-21-8-4-17(5-9-21)11-14(13-22-17)20-16-18-6-2-7-19-16/h1-3,6-7,10,14H,4-5,8-9,11-13H2,(H,18,19,20). The molecule has 5 nitrogen and oxygen atoms in total. The number of thiophene rings is 1. The topological polar surface area (TPSA) is 50.3 Å². The van der Waals surface area contributed by atoms with Crippen molar-refractivity contribution in [2.75, 3.05) is 25.0 Å². The van der Waals surface area contributed by atoms with Crippen molar-refractivity contribution in [3.05, 3.63) is 40.8 Å². The quantitative estimate of drug-likeness (QED) is 0.934. The summed E-state index contributed by atoms with van der Waals surface area (Å²) in [4.78, 5) is 12.5. The Morgan fingerprint density at radius 3 is 2.83 bits per heavy atom. The van der Waals surface area contributed by atoms with Gasteiger partial charge in [0.1, 0.15) is 0 Å². The highest BCUT2D eigenvalue weighted by atomic mass is 32.1. The molecule has 2 fully saturated rings. The van der Waals surface area contributed by atoms with Gasteiger partial charge in [0.05, 0.1) is 18.2 Å². The number of nitrogens with zero attached hydrogens (tertiary/aromatic N) is 3. The Morgan fingerprint density at radius 1 is 1.26 bits per heavy atom. The van der Waals surface area contributed by atoms with Gasteiger partial charge in [-0.1, -0.05) is 6.07 Å². The van der Waals surface area contributed by atoms with Crippen molar-refractivity contribution < 1.29 is 4.74 Å². The van der Waals surface area contributed by atoms with Crippen LogP contribution in [0.5, 0.6) is 0 Å². The molecule has 1 unspecified atom stereocenters. The van der Waals surface area contributed by atoms with Crippen molar-refractivity contribution in [1.82, 2.24) is 14.9 Å². The second-order valence-corrected chi connectivity index (χ2v) is 7.50. The first-order chi connectivity index (χ1) is 11.3. The number of piperidine rings is 1. The Labute approximate surface area is 140 Å². The SMILES string of the molecule is c1cnc(NC2COC3(CCN(Cc4cccs4)CC3)C2)nc1. The van der Waals surface area contributed by atoms with Gasteiger partial charge in [0.15, 0.2) is 0 Å². The molecule has 0 aliphatic carbocycles. The molecule has 1 spiro atoms. The largest absolute Gasteiger partial charge is 0.373 e. The summed E-state index contributed by atoms with van der Waals surface area (Å²) in [7, 11) is 0. The molecule has 2 saturated heterocycles. The number of likely N-dealkylation sites (tertiary alicyclic amines) is 1. The lowest BCUT2D eigenvalue weighted by Gasteiger charge is -2.38. The van der Waals surface area contributed by atoms with E-state index < -0.39 is 0 Å². The van der Waals surface area contributed by atoms with E-state index in [1.807, 2.05) is 17.4 Å². The zero-order valence-corrected chi connectivity index (χ0v) is 14.0. The smallest absolute Gasteiger partial charge is 0.222 e. The van der Waals surface area contributed by atoms with Crippen LogP contribution in [0, 0.1) is 0 Å². The highest BCUT2D eigenvalue weighted by molar-refractivity contribution is 7.09. The van der Waals surface area contributed by atoms with Gasteiger partial charge in [-0.2, -0.15) is 0 Å². The van der Waals surface area contributed by atoms with Crippen LogP contribution in [0.15, 0.2) is 36.0 Å². The van der Waals surface area contributed by atoms with Crippen molar-refractivity contribution >= 4 is 17.3 Å². The number of ether oxygens (including phenoxy) is 1. The van der Waals surface area contributed by atoms with Crippen LogP contribution in [0.2, 0.25) is 0 Å². The molecular formula is C17H22N4OS. The van der Waals surface area contributed by atoms with Gasteiger partial charge >= 0.3 is 0 Å². The fraction of sp³-hybridized carbons (Fsp3) is 0.529. The van der Waals surface area contributed by atoms with Crippen LogP contribution in [0.1, 0.15) is 24.1 Å². The van der Waals surface area contributed by atoms with E-state index in [1.165, 1.54) is 4.88 Å². The van der Waals surface area contributed by atoms with Gasteiger partial charge in [0.25, 0.3) is 0 Å². The average Bonchev–Trinajstić information content (AvgIpc) is 3.22. The average molecular weight is 330 g/mol. The molecule has 0 saturated carbocycles. The van der Waals surface area contributed by atoms with Crippen LogP contribution < -0.4 is 5.32 Å². The normalized spacial score (nSPS) is 24.1. The molecule has 1 atom stereocenters. The molecule has 2 aromatic heterocycles. The lowest BCUT2D eigenvalue weighted by atomic mass is 9.87. The van der Waals surface area contributed by atoms with Gasteiger partial charge in [-0.25, -0.2) is 9.97 Å². The molecule has 2 aliphatic rings. The Bertz CT molecular complexity index is 611. The van der Waals surface area contributed by atoms with E-state index in [2.05, 4.69) is 37.7 Å². The van der Waals surface area contributed by atoms with E-state index in [9.17, 15) is 0 Å². The van der Waals surface area contributed by atoms with Crippen LogP contribution in [0.25, 0.3) is 0 Å². The molecule has 122 valence electrons. The first kappa shape index (κ1) is 15.1. The van der Waals surface area contributed by atoms with E-state index in [1.54, 1.807) is 12.4 Å². The summed E-state index contributed by atoms with van der Waals surface area (Å²) in [5, 5.41) is 5.56. The van der Waals surface area contributed by atoms with Crippen molar-refractivity contribution in [1.29, 1.82) is 0 Å². The Morgan fingerprint density at radius 2 is 2.09 bits per heavy atom. The first-order valence-corrected chi connectivity index (χ1v) is 9.12. The zero-order valence-electron chi connectivity index (χ0n) is 13.1. The minimum atomic E-state index is 0.0540. The van der Waals surface area contributed by atoms with Crippen molar-refractivity contribution in [3.8, 4) is 0 Å². The van der Waals surface area contributed by atoms with Gasteiger partial charge in [0.2, 0.25) is 5.95 Å². The van der Waals surface area contributed by atoms with E-state index >= 15 is 0 Å². The van der Waals surface area contributed by atoms with Crippen molar-refractivity contribution in [2.45, 2.75) is 37.5 Å². The van der Waals surface area contributed by atoms with Gasteiger partial charge in [-0.05, 0) is 36.8 Å². The summed E-state index contributed by atoms with van der Waals surface area (Å²) in [6, 6.07) is 6.51. The third-order valence-electron chi connectivity index (χ3n) is 4.83. The summed E-state index contributed by atoms with van der Waals surface area (Å²) >= 11 is 1.85. The second kappa shape index (κ2) is 6.55. The molecule has 23 heavy (non-hydrogen) atoms. The number of hydrogen-bond acceptors (Lipinski definition) is 6. The number of hydrogen-bond donors (Lipinski definition) is 1. The molecule has 1 N–H and O–H groups in total. The predicted octanol–water partition coefficient (Wildman–Crippen LogP) is 2.77. The molecule has 2 aliphatic heterocycles. The fourth-order valence-corrected chi connectivity index (χ4v) is 4.33. The summed E-state index contributed by atoms with van der Waals surface area (Å²) < 4.78 is 6.21. The van der Waals surface area contributed by atoms with Crippen molar-refractivity contribution in [2.24, 2.45) is 0 Å². The molecule has 2 aromatic rings. The maximum atomic E-state index is 6.21. The van der Waals surface area contributed by atoms with E-state index in [0.717, 1.165) is 45.5 Å². The van der Waals surface area contributed by atoms with E-state index in [4.69, 9.17) is 4.74 Å². The maximum absolute atomic E-state index is 6.21. The number of anilines is 1. The number of nitrogens with one attached hydrogen (secondary N) is 1. The third-order valence-corrected chi connectivity index (χ3v) is 5.70. The summed E-state index contributed by atoms with van der Waals surface area (Å²) in [5.74, 6) is 0.702. The minimum Gasteiger partial charge on any atom is -0.373 e. The maximum Gasteiger partial charge on any atom is 0.222 e. The molecule has 4 heterocycles. The molecule has 0 amide bonds. The van der Waals surface area contributed by atoms with Gasteiger partial charge < -0.3 is 10.1 Å². The van der Waals surface area contributed by atoms with Gasteiger partial charge in [0, 0.05) is 36.9 Å². The van der Waals surface area contributed by atoms with Gasteiger partial charge in [-0.15, -0.1) is 11.3 Å².